The molecule has 0 aliphatic heterocycles. The van der Waals surface area contributed by atoms with Crippen LogP contribution in [0, 0.1) is 13.8 Å². The Kier molecular flexibility index (Phi) is 1.93. The third-order valence-corrected chi connectivity index (χ3v) is 3.39. The minimum absolute atomic E-state index is 1.09. The minimum atomic E-state index is 1.09. The van der Waals surface area contributed by atoms with Gasteiger partial charge in [0, 0.05) is 21.5 Å². The van der Waals surface area contributed by atoms with Crippen molar-refractivity contribution in [3.63, 3.8) is 0 Å². The summed E-state index contributed by atoms with van der Waals surface area (Å²) in [6.45, 7) is 4.08. The first-order valence-electron chi connectivity index (χ1n) is 3.70. The molecule has 62 valence electrons. The molecular formula is C9H8BrNS. The Labute approximate surface area is 83.6 Å². The molecule has 0 aliphatic carbocycles. The van der Waals surface area contributed by atoms with Gasteiger partial charge in [-0.05, 0) is 41.9 Å². The highest BCUT2D eigenvalue weighted by atomic mass is 79.9. The lowest BCUT2D eigenvalue weighted by atomic mass is 10.2. The van der Waals surface area contributed by atoms with Crippen LogP contribution >= 0.6 is 27.3 Å². The van der Waals surface area contributed by atoms with Crippen molar-refractivity contribution in [3.05, 3.63) is 27.3 Å². The SMILES string of the molecule is Cc1cc2sc(Br)cc2c(C)n1. The zero-order valence-electron chi connectivity index (χ0n) is 6.89. The molecule has 0 amide bonds. The summed E-state index contributed by atoms with van der Waals surface area (Å²) in [6.07, 6.45) is 0. The number of halogens is 1. The van der Waals surface area contributed by atoms with E-state index in [-0.39, 0.29) is 0 Å². The molecule has 1 nitrogen and oxygen atoms in total. The van der Waals surface area contributed by atoms with E-state index < -0.39 is 0 Å². The molecule has 0 fully saturated rings. The fourth-order valence-electron chi connectivity index (χ4n) is 1.31. The van der Waals surface area contributed by atoms with Gasteiger partial charge in [-0.2, -0.15) is 0 Å². The zero-order valence-corrected chi connectivity index (χ0v) is 9.29. The van der Waals surface area contributed by atoms with Crippen molar-refractivity contribution in [2.24, 2.45) is 0 Å². The van der Waals surface area contributed by atoms with Gasteiger partial charge in [0.15, 0.2) is 0 Å². The Balaban J connectivity index is 2.88. The molecule has 0 unspecified atom stereocenters. The second kappa shape index (κ2) is 2.82. The van der Waals surface area contributed by atoms with Gasteiger partial charge in [-0.25, -0.2) is 0 Å². The molecular weight excluding hydrogens is 234 g/mol. The average molecular weight is 242 g/mol. The number of hydrogen-bond donors (Lipinski definition) is 0. The van der Waals surface area contributed by atoms with Crippen LogP contribution in [-0.4, -0.2) is 4.98 Å². The third-order valence-electron chi connectivity index (χ3n) is 1.80. The highest BCUT2D eigenvalue weighted by molar-refractivity contribution is 9.11. The number of thiophene rings is 1. The second-order valence-corrected chi connectivity index (χ2v) is 5.27. The van der Waals surface area contributed by atoms with E-state index in [0.717, 1.165) is 11.4 Å². The lowest BCUT2D eigenvalue weighted by Gasteiger charge is -1.96. The molecule has 2 aromatic heterocycles. The molecule has 12 heavy (non-hydrogen) atoms. The van der Waals surface area contributed by atoms with Crippen molar-refractivity contribution in [1.29, 1.82) is 0 Å². The Hall–Kier alpha value is -0.410. The summed E-state index contributed by atoms with van der Waals surface area (Å²) in [5, 5.41) is 1.26. The van der Waals surface area contributed by atoms with E-state index in [1.807, 2.05) is 6.92 Å². The number of nitrogens with zero attached hydrogens (tertiary/aromatic N) is 1. The maximum Gasteiger partial charge on any atom is 0.0711 e. The van der Waals surface area contributed by atoms with Crippen molar-refractivity contribution in [3.8, 4) is 0 Å². The van der Waals surface area contributed by atoms with Gasteiger partial charge in [0.2, 0.25) is 0 Å². The van der Waals surface area contributed by atoms with Gasteiger partial charge in [0.05, 0.1) is 3.79 Å². The van der Waals surface area contributed by atoms with Gasteiger partial charge in [-0.3, -0.25) is 4.98 Å². The summed E-state index contributed by atoms with van der Waals surface area (Å²) in [7, 11) is 0. The molecule has 0 bridgehead atoms. The van der Waals surface area contributed by atoms with E-state index in [2.05, 4.69) is 40.0 Å². The largest absolute Gasteiger partial charge is 0.258 e. The Morgan fingerprint density at radius 2 is 2.08 bits per heavy atom. The first-order chi connectivity index (χ1) is 5.66. The molecule has 0 aliphatic rings. The number of hydrogen-bond acceptors (Lipinski definition) is 2. The third kappa shape index (κ3) is 1.27. The number of aryl methyl sites for hydroxylation is 2. The van der Waals surface area contributed by atoms with Crippen LogP contribution < -0.4 is 0 Å². The standard InChI is InChI=1S/C9H8BrNS/c1-5-3-8-7(6(2)11-5)4-9(10)12-8/h3-4H,1-2H3. The van der Waals surface area contributed by atoms with Crippen molar-refractivity contribution < 1.29 is 0 Å². The van der Waals surface area contributed by atoms with Crippen molar-refractivity contribution in [2.45, 2.75) is 13.8 Å². The highest BCUT2D eigenvalue weighted by Gasteiger charge is 2.03. The second-order valence-electron chi connectivity index (χ2n) is 2.81. The summed E-state index contributed by atoms with van der Waals surface area (Å²) in [4.78, 5) is 4.40. The Bertz CT molecular complexity index is 433. The predicted molar refractivity (Wildman–Crippen MR) is 56.8 cm³/mol. The minimum Gasteiger partial charge on any atom is -0.258 e. The van der Waals surface area contributed by atoms with Crippen LogP contribution in [0.2, 0.25) is 0 Å². The van der Waals surface area contributed by atoms with Gasteiger partial charge in [-0.1, -0.05) is 0 Å². The van der Waals surface area contributed by atoms with E-state index in [0.29, 0.717) is 0 Å². The van der Waals surface area contributed by atoms with Crippen LogP contribution in [0.4, 0.5) is 0 Å². The molecule has 0 saturated carbocycles. The normalized spacial score (nSPS) is 10.9. The molecule has 2 aromatic rings. The summed E-state index contributed by atoms with van der Waals surface area (Å²) in [6, 6.07) is 4.25. The zero-order chi connectivity index (χ0) is 8.72. The highest BCUT2D eigenvalue weighted by Crippen LogP contribution is 2.31. The van der Waals surface area contributed by atoms with E-state index in [9.17, 15) is 0 Å². The number of fused-ring (bicyclic) bond motifs is 1. The monoisotopic (exact) mass is 241 g/mol. The summed E-state index contributed by atoms with van der Waals surface area (Å²) < 4.78 is 2.49. The van der Waals surface area contributed by atoms with Gasteiger partial charge in [-0.15, -0.1) is 11.3 Å². The topological polar surface area (TPSA) is 12.9 Å². The van der Waals surface area contributed by atoms with Gasteiger partial charge < -0.3 is 0 Å². The maximum absolute atomic E-state index is 4.40. The van der Waals surface area contributed by atoms with Crippen LogP contribution in [0.5, 0.6) is 0 Å². The Morgan fingerprint density at radius 3 is 2.83 bits per heavy atom. The van der Waals surface area contributed by atoms with Gasteiger partial charge in [0.1, 0.15) is 0 Å². The quantitative estimate of drug-likeness (QED) is 0.686. The summed E-state index contributed by atoms with van der Waals surface area (Å²) in [5.74, 6) is 0. The van der Waals surface area contributed by atoms with Crippen LogP contribution in [0.25, 0.3) is 10.1 Å². The summed E-state index contributed by atoms with van der Waals surface area (Å²) in [5.41, 5.74) is 2.21. The van der Waals surface area contributed by atoms with Crippen LogP contribution in [0.1, 0.15) is 11.4 Å². The summed E-state index contributed by atoms with van der Waals surface area (Å²) >= 11 is 5.23. The van der Waals surface area contributed by atoms with E-state index in [1.165, 1.54) is 13.9 Å². The van der Waals surface area contributed by atoms with Crippen LogP contribution in [-0.2, 0) is 0 Å². The fraction of sp³-hybridized carbons (Fsp3) is 0.222. The van der Waals surface area contributed by atoms with Crippen molar-refractivity contribution >= 4 is 37.4 Å². The number of rotatable bonds is 0. The first-order valence-corrected chi connectivity index (χ1v) is 5.31. The molecule has 0 saturated heterocycles. The molecule has 0 N–H and O–H groups in total. The maximum atomic E-state index is 4.40. The average Bonchev–Trinajstić information content (AvgIpc) is 2.29. The Morgan fingerprint density at radius 1 is 1.33 bits per heavy atom. The molecule has 2 heterocycles. The van der Waals surface area contributed by atoms with Gasteiger partial charge in [0.25, 0.3) is 0 Å². The van der Waals surface area contributed by atoms with Crippen LogP contribution in [0.3, 0.4) is 0 Å². The van der Waals surface area contributed by atoms with E-state index >= 15 is 0 Å². The van der Waals surface area contributed by atoms with E-state index in [4.69, 9.17) is 0 Å². The molecule has 0 atom stereocenters. The smallest absolute Gasteiger partial charge is 0.0711 e. The van der Waals surface area contributed by atoms with Gasteiger partial charge >= 0.3 is 0 Å². The molecule has 2 rings (SSSR count). The fourth-order valence-corrected chi connectivity index (χ4v) is 3.00. The number of aromatic nitrogens is 1. The van der Waals surface area contributed by atoms with Crippen molar-refractivity contribution in [1.82, 2.24) is 4.98 Å². The van der Waals surface area contributed by atoms with Crippen LogP contribution in [0.15, 0.2) is 15.9 Å². The lowest BCUT2D eigenvalue weighted by molar-refractivity contribution is 1.15. The molecule has 0 spiro atoms. The van der Waals surface area contributed by atoms with Crippen molar-refractivity contribution in [2.75, 3.05) is 0 Å². The molecule has 0 aromatic carbocycles. The van der Waals surface area contributed by atoms with E-state index in [1.54, 1.807) is 11.3 Å². The number of pyridine rings is 1. The lowest BCUT2D eigenvalue weighted by Crippen LogP contribution is -1.84. The molecule has 0 radical (unpaired) electrons. The predicted octanol–water partition coefficient (Wildman–Crippen LogP) is 3.68. The first kappa shape index (κ1) is 8.20. The molecule has 3 heteroatoms.